The van der Waals surface area contributed by atoms with E-state index in [1.165, 1.54) is 23.5 Å². The van der Waals surface area contributed by atoms with Crippen LogP contribution in [0.25, 0.3) is 10.6 Å². The van der Waals surface area contributed by atoms with Crippen LogP contribution in [-0.2, 0) is 6.54 Å². The molecule has 2 N–H and O–H groups in total. The van der Waals surface area contributed by atoms with E-state index in [2.05, 4.69) is 4.98 Å². The molecule has 2 rings (SSSR count). The van der Waals surface area contributed by atoms with Gasteiger partial charge < -0.3 is 5.73 Å². The SMILES string of the molecule is NCc1cnc(-c2ccc(F)cc2F)s1. The van der Waals surface area contributed by atoms with Gasteiger partial charge in [-0.3, -0.25) is 0 Å². The number of nitrogens with two attached hydrogens (primary N) is 1. The average Bonchev–Trinajstić information content (AvgIpc) is 2.66. The molecule has 2 nitrogen and oxygen atoms in total. The lowest BCUT2D eigenvalue weighted by Crippen LogP contribution is -1.91. The van der Waals surface area contributed by atoms with E-state index in [1.54, 1.807) is 6.20 Å². The quantitative estimate of drug-likeness (QED) is 0.854. The van der Waals surface area contributed by atoms with Crippen LogP contribution in [0.3, 0.4) is 0 Å². The molecular weight excluding hydrogens is 218 g/mol. The highest BCUT2D eigenvalue weighted by Gasteiger charge is 2.09. The summed E-state index contributed by atoms with van der Waals surface area (Å²) in [5, 5.41) is 0.521. The van der Waals surface area contributed by atoms with Gasteiger partial charge in [-0.05, 0) is 12.1 Å². The van der Waals surface area contributed by atoms with Gasteiger partial charge in [0.05, 0.1) is 0 Å². The molecule has 0 bridgehead atoms. The molecule has 78 valence electrons. The van der Waals surface area contributed by atoms with E-state index in [4.69, 9.17) is 5.73 Å². The maximum Gasteiger partial charge on any atom is 0.136 e. The third-order valence-electron chi connectivity index (χ3n) is 1.92. The van der Waals surface area contributed by atoms with Crippen LogP contribution in [-0.4, -0.2) is 4.98 Å². The molecule has 0 spiro atoms. The van der Waals surface area contributed by atoms with Gasteiger partial charge in [-0.1, -0.05) is 0 Å². The minimum atomic E-state index is -0.604. The van der Waals surface area contributed by atoms with Crippen molar-refractivity contribution in [3.05, 3.63) is 40.9 Å². The number of rotatable bonds is 2. The molecule has 15 heavy (non-hydrogen) atoms. The summed E-state index contributed by atoms with van der Waals surface area (Å²) in [6.45, 7) is 0.375. The Hall–Kier alpha value is -1.33. The highest BCUT2D eigenvalue weighted by atomic mass is 32.1. The molecular formula is C10H8F2N2S. The van der Waals surface area contributed by atoms with Crippen molar-refractivity contribution in [1.29, 1.82) is 0 Å². The predicted octanol–water partition coefficient (Wildman–Crippen LogP) is 2.55. The Bertz CT molecular complexity index is 482. The molecule has 0 saturated carbocycles. The van der Waals surface area contributed by atoms with Gasteiger partial charge in [-0.25, -0.2) is 13.8 Å². The van der Waals surface area contributed by atoms with Crippen LogP contribution < -0.4 is 5.73 Å². The molecule has 1 aromatic heterocycles. The van der Waals surface area contributed by atoms with Crippen molar-refractivity contribution in [1.82, 2.24) is 4.98 Å². The number of hydrogen-bond donors (Lipinski definition) is 1. The second-order valence-corrected chi connectivity index (χ2v) is 4.08. The van der Waals surface area contributed by atoms with Crippen molar-refractivity contribution in [3.63, 3.8) is 0 Å². The lowest BCUT2D eigenvalue weighted by atomic mass is 10.2. The Kier molecular flexibility index (Phi) is 2.75. The predicted molar refractivity (Wildman–Crippen MR) is 55.4 cm³/mol. The normalized spacial score (nSPS) is 10.6. The average molecular weight is 226 g/mol. The van der Waals surface area contributed by atoms with Crippen molar-refractivity contribution < 1.29 is 8.78 Å². The molecule has 0 saturated heterocycles. The second-order valence-electron chi connectivity index (χ2n) is 2.96. The van der Waals surface area contributed by atoms with E-state index >= 15 is 0 Å². The maximum atomic E-state index is 13.3. The zero-order valence-corrected chi connectivity index (χ0v) is 8.52. The monoisotopic (exact) mass is 226 g/mol. The molecule has 0 aliphatic carbocycles. The van der Waals surface area contributed by atoms with Crippen LogP contribution in [0.4, 0.5) is 8.78 Å². The minimum Gasteiger partial charge on any atom is -0.326 e. The number of nitrogens with zero attached hydrogens (tertiary/aromatic N) is 1. The summed E-state index contributed by atoms with van der Waals surface area (Å²) >= 11 is 1.31. The van der Waals surface area contributed by atoms with Crippen molar-refractivity contribution >= 4 is 11.3 Å². The number of aromatic nitrogens is 1. The summed E-state index contributed by atoms with van der Waals surface area (Å²) in [6.07, 6.45) is 1.60. The van der Waals surface area contributed by atoms with E-state index < -0.39 is 11.6 Å². The van der Waals surface area contributed by atoms with Crippen molar-refractivity contribution in [2.75, 3.05) is 0 Å². The summed E-state index contributed by atoms with van der Waals surface area (Å²) in [7, 11) is 0. The van der Waals surface area contributed by atoms with Gasteiger partial charge in [0, 0.05) is 29.2 Å². The lowest BCUT2D eigenvalue weighted by molar-refractivity contribution is 0.585. The summed E-state index contributed by atoms with van der Waals surface area (Å²) in [6, 6.07) is 3.44. The smallest absolute Gasteiger partial charge is 0.136 e. The fourth-order valence-electron chi connectivity index (χ4n) is 1.19. The van der Waals surface area contributed by atoms with E-state index in [9.17, 15) is 8.78 Å². The number of benzene rings is 1. The summed E-state index contributed by atoms with van der Waals surface area (Å²) in [4.78, 5) is 4.89. The molecule has 0 aliphatic rings. The zero-order valence-electron chi connectivity index (χ0n) is 7.71. The van der Waals surface area contributed by atoms with Gasteiger partial charge in [0.15, 0.2) is 0 Å². The van der Waals surface area contributed by atoms with Crippen LogP contribution >= 0.6 is 11.3 Å². The Morgan fingerprint density at radius 3 is 2.73 bits per heavy atom. The third-order valence-corrected chi connectivity index (χ3v) is 2.97. The van der Waals surface area contributed by atoms with Crippen LogP contribution in [0.5, 0.6) is 0 Å². The third kappa shape index (κ3) is 2.03. The number of halogens is 2. The van der Waals surface area contributed by atoms with Crippen LogP contribution in [0.1, 0.15) is 4.88 Å². The first-order valence-corrected chi connectivity index (χ1v) is 5.12. The summed E-state index contributed by atoms with van der Waals surface area (Å²) in [5.41, 5.74) is 5.73. The first kappa shape index (κ1) is 10.2. The van der Waals surface area contributed by atoms with Crippen molar-refractivity contribution in [2.24, 2.45) is 5.73 Å². The molecule has 0 unspecified atom stereocenters. The largest absolute Gasteiger partial charge is 0.326 e. The van der Waals surface area contributed by atoms with Crippen LogP contribution in [0.15, 0.2) is 24.4 Å². The number of hydrogen-bond acceptors (Lipinski definition) is 3. The molecule has 5 heteroatoms. The molecule has 0 radical (unpaired) electrons. The van der Waals surface area contributed by atoms with Crippen molar-refractivity contribution in [2.45, 2.75) is 6.54 Å². The second kappa shape index (κ2) is 4.04. The molecule has 0 aliphatic heterocycles. The Labute approximate surface area is 89.4 Å². The minimum absolute atomic E-state index is 0.307. The first-order chi connectivity index (χ1) is 7.20. The Morgan fingerprint density at radius 2 is 2.13 bits per heavy atom. The van der Waals surface area contributed by atoms with E-state index in [-0.39, 0.29) is 0 Å². The van der Waals surface area contributed by atoms with Crippen LogP contribution in [0, 0.1) is 11.6 Å². The number of thiazole rings is 1. The highest BCUT2D eigenvalue weighted by Crippen LogP contribution is 2.27. The van der Waals surface area contributed by atoms with Gasteiger partial charge >= 0.3 is 0 Å². The van der Waals surface area contributed by atoms with E-state index in [0.29, 0.717) is 17.1 Å². The molecule has 0 atom stereocenters. The van der Waals surface area contributed by atoms with Crippen LogP contribution in [0.2, 0.25) is 0 Å². The molecule has 1 aromatic carbocycles. The molecule has 0 amide bonds. The standard InChI is InChI=1S/C10H8F2N2S/c11-6-1-2-8(9(12)3-6)10-14-5-7(4-13)15-10/h1-3,5H,4,13H2. The molecule has 0 fully saturated rings. The molecule has 1 heterocycles. The Balaban J connectivity index is 2.44. The first-order valence-electron chi connectivity index (χ1n) is 4.31. The lowest BCUT2D eigenvalue weighted by Gasteiger charge is -1.98. The van der Waals surface area contributed by atoms with Gasteiger partial charge in [-0.15, -0.1) is 11.3 Å². The van der Waals surface area contributed by atoms with E-state index in [0.717, 1.165) is 10.9 Å². The Morgan fingerprint density at radius 1 is 1.33 bits per heavy atom. The maximum absolute atomic E-state index is 13.3. The van der Waals surface area contributed by atoms with Crippen molar-refractivity contribution in [3.8, 4) is 10.6 Å². The van der Waals surface area contributed by atoms with Gasteiger partial charge in [-0.2, -0.15) is 0 Å². The van der Waals surface area contributed by atoms with Gasteiger partial charge in [0.1, 0.15) is 16.6 Å². The molecule has 2 aromatic rings. The zero-order chi connectivity index (χ0) is 10.8. The fourth-order valence-corrected chi connectivity index (χ4v) is 2.01. The van der Waals surface area contributed by atoms with E-state index in [1.807, 2.05) is 0 Å². The topological polar surface area (TPSA) is 38.9 Å². The van der Waals surface area contributed by atoms with Gasteiger partial charge in [0.25, 0.3) is 0 Å². The van der Waals surface area contributed by atoms with Gasteiger partial charge in [0.2, 0.25) is 0 Å². The highest BCUT2D eigenvalue weighted by molar-refractivity contribution is 7.15. The summed E-state index contributed by atoms with van der Waals surface area (Å²) < 4.78 is 26.0. The summed E-state index contributed by atoms with van der Waals surface area (Å²) in [5.74, 6) is -1.19. The fraction of sp³-hybridized carbons (Fsp3) is 0.100.